The quantitative estimate of drug-likeness (QED) is 0.0239. The number of hydrogen-bond donors (Lipinski definition) is 0. The Morgan fingerprint density at radius 3 is 0.800 bits per heavy atom. The summed E-state index contributed by atoms with van der Waals surface area (Å²) in [5.41, 5.74) is 16.6. The molecule has 0 fully saturated rings. The summed E-state index contributed by atoms with van der Waals surface area (Å²) in [5, 5.41) is 9.01. The maximum Gasteiger partial charge on any atom is 1.00 e. The van der Waals surface area contributed by atoms with Crippen molar-refractivity contribution in [2.75, 3.05) is 6.61 Å². The Hall–Kier alpha value is -11.6. The number of rotatable bonds is 19. The predicted octanol–water partition coefficient (Wildman–Crippen LogP) is 12.1. The van der Waals surface area contributed by atoms with Crippen LogP contribution in [0, 0.1) is 0 Å². The minimum absolute atomic E-state index is 0. The molecule has 3 N–H and O–H groups in total. The van der Waals surface area contributed by atoms with Gasteiger partial charge in [0.05, 0.1) is 67.4 Å². The van der Waals surface area contributed by atoms with Gasteiger partial charge in [-0.25, -0.2) is 14.4 Å². The largest absolute Gasteiger partial charge is 1.00 e. The zero-order chi connectivity index (χ0) is 82.9. The van der Waals surface area contributed by atoms with Crippen LogP contribution in [0.2, 0.25) is 0 Å². The molecule has 18 rings (SSSR count). The normalized spacial score (nSPS) is 10.9. The fourth-order valence-corrected chi connectivity index (χ4v) is 16.7. The van der Waals surface area contributed by atoms with E-state index in [0.29, 0.717) is 5.56 Å². The number of esters is 3. The number of Topliss-reactive ketones (excluding diaryl/α,β-unsaturated/α-hetero) is 3. The second kappa shape index (κ2) is 41.5. The van der Waals surface area contributed by atoms with E-state index < -0.39 is 50.0 Å². The summed E-state index contributed by atoms with van der Waals surface area (Å²) in [6.45, 7) is 5.54. The van der Waals surface area contributed by atoms with Crippen LogP contribution in [0.4, 0.5) is 0 Å². The van der Waals surface area contributed by atoms with Crippen LogP contribution in [-0.2, 0) is 84.8 Å². The molecule has 22 nitrogen and oxygen atoms in total. The fraction of sp³-hybridized carbons (Fsp3) is 0.0722. The number of carbonyl (C=O) groups is 6. The van der Waals surface area contributed by atoms with Gasteiger partial charge >= 0.3 is 107 Å². The first-order valence-electron chi connectivity index (χ1n) is 37.8. The molecule has 0 saturated heterocycles. The summed E-state index contributed by atoms with van der Waals surface area (Å²) in [6.07, 6.45) is 0. The van der Waals surface area contributed by atoms with Gasteiger partial charge < -0.3 is 74.2 Å². The average Bonchev–Trinajstić information content (AvgIpc) is 1.61. The van der Waals surface area contributed by atoms with Crippen LogP contribution in [-0.4, -0.2) is 76.6 Å². The van der Waals surface area contributed by atoms with E-state index in [2.05, 4.69) is 182 Å². The van der Waals surface area contributed by atoms with Crippen molar-refractivity contribution in [2.45, 2.75) is 55.6 Å². The number of hydrogen-bond acceptors (Lipinski definition) is 21. The molecular formula is C97H72N4Na3O18S3-3. The van der Waals surface area contributed by atoms with E-state index in [1.54, 1.807) is 6.92 Å². The van der Waals surface area contributed by atoms with Crippen molar-refractivity contribution in [3.8, 4) is 33.9 Å². The number of fused-ring (bicyclic) bond motifs is 12. The number of aromatic nitrogens is 4. The zero-order valence-electron chi connectivity index (χ0n) is 68.5. The monoisotopic (exact) mass is 1750 g/mol. The van der Waals surface area contributed by atoms with Crippen molar-refractivity contribution >= 4 is 155 Å². The Morgan fingerprint density at radius 1 is 0.256 bits per heavy atom. The Morgan fingerprint density at radius 2 is 0.504 bits per heavy atom. The van der Waals surface area contributed by atoms with Gasteiger partial charge in [0, 0.05) is 82.5 Å². The third-order valence-electron chi connectivity index (χ3n) is 20.8. The second-order valence-electron chi connectivity index (χ2n) is 28.2. The molecule has 0 bridgehead atoms. The van der Waals surface area contributed by atoms with Gasteiger partial charge in [0.1, 0.15) is 13.2 Å². The molecule has 14 aromatic carbocycles. The summed E-state index contributed by atoms with van der Waals surface area (Å²) >= 11 is 0. The van der Waals surface area contributed by atoms with Crippen molar-refractivity contribution in [3.05, 3.63) is 354 Å². The van der Waals surface area contributed by atoms with Crippen LogP contribution < -0.4 is 88.7 Å². The molecule has 28 heteroatoms. The first-order valence-corrected chi connectivity index (χ1v) is 41.0. The van der Waals surface area contributed by atoms with E-state index in [1.807, 2.05) is 91.0 Å². The van der Waals surface area contributed by atoms with Gasteiger partial charge in [-0.05, 0) is 197 Å². The molecular weight excluding hydrogens is 1670 g/mol. The molecule has 0 atom stereocenters. The Labute approximate surface area is 788 Å². The summed E-state index contributed by atoms with van der Waals surface area (Å²) in [7, 11) is -7.73. The Kier molecular flexibility index (Phi) is 31.8. The zero-order valence-corrected chi connectivity index (χ0v) is 77.0. The number of para-hydroxylation sites is 7. The topological polar surface area (TPSA) is 342 Å². The molecule has 0 aliphatic carbocycles. The van der Waals surface area contributed by atoms with E-state index in [-0.39, 0.29) is 190 Å². The Balaban J connectivity index is 0.000000216. The average molecular weight is 1750 g/mol. The second-order valence-corrected chi connectivity index (χ2v) is 31.1. The van der Waals surface area contributed by atoms with E-state index in [0.717, 1.165) is 105 Å². The van der Waals surface area contributed by atoms with Gasteiger partial charge in [-0.2, -0.15) is 0 Å². The summed E-state index contributed by atoms with van der Waals surface area (Å²) in [6, 6.07) is 98.9. The molecule has 18 aromatic rings. The van der Waals surface area contributed by atoms with Gasteiger partial charge in [0.2, 0.25) is 0 Å². The molecule has 0 saturated carbocycles. The van der Waals surface area contributed by atoms with Crippen molar-refractivity contribution in [1.29, 1.82) is 0 Å². The molecule has 125 heavy (non-hydrogen) atoms. The summed E-state index contributed by atoms with van der Waals surface area (Å²) in [4.78, 5) is 72.6. The van der Waals surface area contributed by atoms with E-state index in [9.17, 15) is 54.0 Å². The van der Waals surface area contributed by atoms with Gasteiger partial charge in [-0.3, -0.25) is 14.4 Å². The molecule has 0 radical (unpaired) electrons. The van der Waals surface area contributed by atoms with Crippen LogP contribution in [0.15, 0.2) is 324 Å². The molecule has 0 aliphatic heterocycles. The minimum Gasteiger partial charge on any atom is -0.870 e. The van der Waals surface area contributed by atoms with Gasteiger partial charge in [0.25, 0.3) is 0 Å². The maximum absolute atomic E-state index is 13.5. The van der Waals surface area contributed by atoms with Crippen molar-refractivity contribution in [1.82, 2.24) is 18.3 Å². The summed E-state index contributed by atoms with van der Waals surface area (Å²) < 4.78 is 93.8. The van der Waals surface area contributed by atoms with Crippen molar-refractivity contribution < 1.29 is 173 Å². The number of nitrogens with zero attached hydrogens (tertiary/aromatic N) is 4. The first kappa shape index (κ1) is 95.7. The minimum atomic E-state index is -2.69. The molecule has 4 aromatic heterocycles. The third-order valence-corrected chi connectivity index (χ3v) is 22.6. The number of benzene rings is 14. The number of ketones is 3. The fourth-order valence-electron chi connectivity index (χ4n) is 15.3. The third kappa shape index (κ3) is 19.8. The predicted molar refractivity (Wildman–Crippen MR) is 466 cm³/mol. The Bertz CT molecular complexity index is 7150. The molecule has 0 unspecified atom stereocenters. The van der Waals surface area contributed by atoms with Crippen LogP contribution in [0.3, 0.4) is 0 Å². The van der Waals surface area contributed by atoms with E-state index in [4.69, 9.17) is 14.2 Å². The standard InChI is InChI=1S/C46H31N2O5S.C41H29N2O6S.C10H9O4S.3Na.3H2O/c1-29(49)33-25-34(27-37(26-33)54(51)52)46(50)53-28-30-14-23-45-41(24-30)40-10-4-7-13-44(40)48(45)36-21-17-32(18-22-36)31-15-19-35(20-16-31)47-42-11-5-2-8-38(42)39-9-3-6-12-43(39)47;1-2-48-40(44)27-21-28(23-31(22-27)50(46)47)41(45)49-25-26-19-29(42-36-15-7-3-11-32(36)33-12-4-8-16-37(33)42)24-30(20-26)43-38-17-9-5-13-34(38)35-14-6-10-18-39(35)43;1-6(11)8-3-9(7(2)12)5-10(4-8)15(13)14;;;;;;/h2-27H,28H2,1H3;3-24H,2,25H2,1H3;3-5H,1-2H3;;;;3*1H2/q3*-1;3*+1;;;/p-3. The van der Waals surface area contributed by atoms with Crippen LogP contribution in [0.1, 0.15) is 101 Å². The SMILES string of the molecule is CC(=O)c1cc(C(=O)OCc2ccc3c(c2)c2ccccc2n3-c2ccc(-c3ccc(-n4c5ccccc5c5ccccc54)cc3)cc2)cc([S-](=O)=O)c1.CC(=O)c1cc(C(C)=O)cc([S-](=O)=O)c1.CCOC(=O)c1cc(C(=O)OCc2cc(-n3c4ccccc4c4ccccc43)cc(-n3c4ccccc4c4ccccc43)c2)cc([S-](=O)=O)c1.[Na+].[Na+].[Na+].[OH-].[OH-].[OH-]. The number of carbonyl (C=O) groups excluding carboxylic acids is 6. The smallest absolute Gasteiger partial charge is 0.870 e. The van der Waals surface area contributed by atoms with Gasteiger partial charge in [-0.1, -0.05) is 209 Å². The van der Waals surface area contributed by atoms with Crippen molar-refractivity contribution in [3.63, 3.8) is 0 Å². The molecule has 0 aliphatic rings. The summed E-state index contributed by atoms with van der Waals surface area (Å²) in [5.74, 6) is -3.12. The van der Waals surface area contributed by atoms with Gasteiger partial charge in [-0.15, -0.1) is 0 Å². The molecule has 0 amide bonds. The van der Waals surface area contributed by atoms with Crippen LogP contribution in [0.5, 0.6) is 0 Å². The number of ether oxygens (including phenoxy) is 3. The van der Waals surface area contributed by atoms with Crippen molar-refractivity contribution in [2.24, 2.45) is 0 Å². The molecule has 612 valence electrons. The van der Waals surface area contributed by atoms with Gasteiger partial charge in [0.15, 0.2) is 17.3 Å². The molecule has 4 heterocycles. The first-order chi connectivity index (χ1) is 57.7. The van der Waals surface area contributed by atoms with E-state index >= 15 is 0 Å². The molecule has 0 spiro atoms. The van der Waals surface area contributed by atoms with Crippen LogP contribution >= 0.6 is 0 Å². The maximum atomic E-state index is 13.5. The van der Waals surface area contributed by atoms with E-state index in [1.165, 1.54) is 97.2 Å². The van der Waals surface area contributed by atoms with Crippen LogP contribution in [0.25, 0.3) is 121 Å².